The van der Waals surface area contributed by atoms with E-state index in [0.717, 1.165) is 28.6 Å². The number of aromatic nitrogens is 1. The van der Waals surface area contributed by atoms with Crippen LogP contribution in [0, 0.1) is 0 Å². The van der Waals surface area contributed by atoms with Gasteiger partial charge in [0.05, 0.1) is 24.4 Å². The summed E-state index contributed by atoms with van der Waals surface area (Å²) in [6.45, 7) is 1.07. The quantitative estimate of drug-likeness (QED) is 0.869. The van der Waals surface area contributed by atoms with Crippen LogP contribution in [0.5, 0.6) is 11.5 Å². The van der Waals surface area contributed by atoms with Crippen LogP contribution in [0.2, 0.25) is 0 Å². The Balaban J connectivity index is 1.88. The summed E-state index contributed by atoms with van der Waals surface area (Å²) < 4.78 is 10.9. The molecule has 0 saturated heterocycles. The molecule has 0 spiro atoms. The molecule has 4 nitrogen and oxygen atoms in total. The lowest BCUT2D eigenvalue weighted by atomic mass is 10.3. The predicted octanol–water partition coefficient (Wildman–Crippen LogP) is 2.23. The molecule has 2 N–H and O–H groups in total. The first-order valence-electron chi connectivity index (χ1n) is 5.72. The first kappa shape index (κ1) is 12.9. The molecule has 0 aliphatic heterocycles. The highest BCUT2D eigenvalue weighted by Crippen LogP contribution is 2.25. The number of para-hydroxylation sites is 2. The Kier molecular flexibility index (Phi) is 4.55. The van der Waals surface area contributed by atoms with Crippen molar-refractivity contribution in [2.45, 2.75) is 13.0 Å². The topological polar surface area (TPSA) is 57.4 Å². The Morgan fingerprint density at radius 2 is 2.06 bits per heavy atom. The molecule has 2 aromatic rings. The van der Waals surface area contributed by atoms with Gasteiger partial charge in [0.25, 0.3) is 0 Å². The zero-order valence-electron chi connectivity index (χ0n) is 10.3. The van der Waals surface area contributed by atoms with Crippen LogP contribution in [0.3, 0.4) is 0 Å². The molecule has 0 amide bonds. The van der Waals surface area contributed by atoms with E-state index in [0.29, 0.717) is 13.2 Å². The minimum Gasteiger partial charge on any atom is -0.493 e. The monoisotopic (exact) mass is 264 g/mol. The lowest BCUT2D eigenvalue weighted by Gasteiger charge is -2.09. The second-order valence-corrected chi connectivity index (χ2v) is 4.63. The summed E-state index contributed by atoms with van der Waals surface area (Å²) in [7, 11) is 1.64. The molecule has 0 bridgehead atoms. The Labute approximate surface area is 110 Å². The molecule has 0 aliphatic rings. The van der Waals surface area contributed by atoms with Gasteiger partial charge in [0.1, 0.15) is 0 Å². The van der Waals surface area contributed by atoms with Gasteiger partial charge < -0.3 is 15.2 Å². The fourth-order valence-corrected chi connectivity index (χ4v) is 2.34. The van der Waals surface area contributed by atoms with E-state index in [1.807, 2.05) is 29.6 Å². The van der Waals surface area contributed by atoms with E-state index >= 15 is 0 Å². The maximum atomic E-state index is 5.69. The average molecular weight is 264 g/mol. The zero-order chi connectivity index (χ0) is 12.8. The molecule has 96 valence electrons. The van der Waals surface area contributed by atoms with Gasteiger partial charge in [-0.05, 0) is 12.1 Å². The third-order valence-electron chi connectivity index (χ3n) is 2.45. The van der Waals surface area contributed by atoms with Crippen molar-refractivity contribution in [2.75, 3.05) is 13.7 Å². The Morgan fingerprint density at radius 1 is 1.28 bits per heavy atom. The maximum Gasteiger partial charge on any atom is 0.161 e. The largest absolute Gasteiger partial charge is 0.493 e. The second kappa shape index (κ2) is 6.37. The van der Waals surface area contributed by atoms with Crippen molar-refractivity contribution in [3.8, 4) is 11.5 Å². The van der Waals surface area contributed by atoms with Crippen LogP contribution in [0.4, 0.5) is 0 Å². The number of benzene rings is 1. The van der Waals surface area contributed by atoms with Gasteiger partial charge in [-0.15, -0.1) is 11.3 Å². The Hall–Kier alpha value is -1.59. The molecule has 1 heterocycles. The molecule has 0 atom stereocenters. The van der Waals surface area contributed by atoms with Gasteiger partial charge in [-0.3, -0.25) is 0 Å². The highest BCUT2D eigenvalue weighted by molar-refractivity contribution is 7.09. The minimum atomic E-state index is 0.490. The van der Waals surface area contributed by atoms with Crippen LogP contribution in [0.25, 0.3) is 0 Å². The first-order valence-corrected chi connectivity index (χ1v) is 6.60. The number of thiazole rings is 1. The molecule has 5 heteroatoms. The van der Waals surface area contributed by atoms with E-state index in [1.54, 1.807) is 18.4 Å². The van der Waals surface area contributed by atoms with E-state index in [1.165, 1.54) is 0 Å². The predicted molar refractivity (Wildman–Crippen MR) is 72.2 cm³/mol. The number of methoxy groups -OCH3 is 1. The SMILES string of the molecule is COc1ccccc1OCCc1nc(CN)cs1. The van der Waals surface area contributed by atoms with Gasteiger partial charge in [-0.25, -0.2) is 4.98 Å². The maximum absolute atomic E-state index is 5.69. The number of nitrogens with two attached hydrogens (primary N) is 1. The van der Waals surface area contributed by atoms with Gasteiger partial charge in [0.15, 0.2) is 11.5 Å². The van der Waals surface area contributed by atoms with Crippen molar-refractivity contribution in [1.29, 1.82) is 0 Å². The van der Waals surface area contributed by atoms with Crippen molar-refractivity contribution in [1.82, 2.24) is 4.98 Å². The molecule has 18 heavy (non-hydrogen) atoms. The molecular weight excluding hydrogens is 248 g/mol. The molecule has 0 unspecified atom stereocenters. The van der Waals surface area contributed by atoms with Crippen LogP contribution in [0.15, 0.2) is 29.6 Å². The number of hydrogen-bond donors (Lipinski definition) is 1. The Morgan fingerprint density at radius 3 is 2.72 bits per heavy atom. The van der Waals surface area contributed by atoms with Crippen LogP contribution in [0.1, 0.15) is 10.7 Å². The summed E-state index contributed by atoms with van der Waals surface area (Å²) in [5.41, 5.74) is 6.45. The highest BCUT2D eigenvalue weighted by atomic mass is 32.1. The molecule has 1 aromatic heterocycles. The van der Waals surface area contributed by atoms with E-state index in [4.69, 9.17) is 15.2 Å². The lowest BCUT2D eigenvalue weighted by molar-refractivity contribution is 0.297. The van der Waals surface area contributed by atoms with E-state index in [2.05, 4.69) is 4.98 Å². The fourth-order valence-electron chi connectivity index (χ4n) is 1.54. The van der Waals surface area contributed by atoms with Crippen molar-refractivity contribution in [3.63, 3.8) is 0 Å². The number of hydrogen-bond acceptors (Lipinski definition) is 5. The summed E-state index contributed by atoms with van der Waals surface area (Å²) in [5.74, 6) is 1.51. The fraction of sp³-hybridized carbons (Fsp3) is 0.308. The van der Waals surface area contributed by atoms with E-state index in [9.17, 15) is 0 Å². The molecule has 0 radical (unpaired) electrons. The number of nitrogens with zero attached hydrogens (tertiary/aromatic N) is 1. The second-order valence-electron chi connectivity index (χ2n) is 3.69. The van der Waals surface area contributed by atoms with Crippen LogP contribution in [-0.2, 0) is 13.0 Å². The van der Waals surface area contributed by atoms with Gasteiger partial charge in [-0.1, -0.05) is 12.1 Å². The summed E-state index contributed by atoms with van der Waals surface area (Å²) in [6.07, 6.45) is 0.780. The van der Waals surface area contributed by atoms with Gasteiger partial charge in [0, 0.05) is 18.3 Å². The summed E-state index contributed by atoms with van der Waals surface area (Å²) >= 11 is 1.62. The highest BCUT2D eigenvalue weighted by Gasteiger charge is 2.04. The minimum absolute atomic E-state index is 0.490. The third-order valence-corrected chi connectivity index (χ3v) is 3.41. The van der Waals surface area contributed by atoms with E-state index < -0.39 is 0 Å². The van der Waals surface area contributed by atoms with Crippen molar-refractivity contribution >= 4 is 11.3 Å². The molecule has 0 saturated carbocycles. The van der Waals surface area contributed by atoms with Crippen LogP contribution < -0.4 is 15.2 Å². The standard InChI is InChI=1S/C13H16N2O2S/c1-16-11-4-2-3-5-12(11)17-7-6-13-15-10(8-14)9-18-13/h2-5,9H,6-8,14H2,1H3. The average Bonchev–Trinajstić information content (AvgIpc) is 2.87. The molecular formula is C13H16N2O2S. The van der Waals surface area contributed by atoms with Gasteiger partial charge in [0.2, 0.25) is 0 Å². The van der Waals surface area contributed by atoms with Crippen molar-refractivity contribution in [3.05, 3.63) is 40.3 Å². The van der Waals surface area contributed by atoms with Crippen molar-refractivity contribution in [2.24, 2.45) is 5.73 Å². The third kappa shape index (κ3) is 3.21. The van der Waals surface area contributed by atoms with Crippen LogP contribution >= 0.6 is 11.3 Å². The van der Waals surface area contributed by atoms with Crippen LogP contribution in [-0.4, -0.2) is 18.7 Å². The lowest BCUT2D eigenvalue weighted by Crippen LogP contribution is -2.03. The van der Waals surface area contributed by atoms with Gasteiger partial charge >= 0.3 is 0 Å². The Bertz CT molecular complexity index is 499. The number of ether oxygens (including phenoxy) is 2. The van der Waals surface area contributed by atoms with E-state index in [-0.39, 0.29) is 0 Å². The van der Waals surface area contributed by atoms with Gasteiger partial charge in [-0.2, -0.15) is 0 Å². The molecule has 1 aromatic carbocycles. The summed E-state index contributed by atoms with van der Waals surface area (Å²) in [5, 5.41) is 3.03. The smallest absolute Gasteiger partial charge is 0.161 e. The zero-order valence-corrected chi connectivity index (χ0v) is 11.1. The molecule has 0 fully saturated rings. The summed E-state index contributed by atoms with van der Waals surface area (Å²) in [4.78, 5) is 4.38. The molecule has 2 rings (SSSR count). The normalized spacial score (nSPS) is 10.3. The number of rotatable bonds is 6. The molecule has 0 aliphatic carbocycles. The van der Waals surface area contributed by atoms with Crippen molar-refractivity contribution < 1.29 is 9.47 Å². The summed E-state index contributed by atoms with van der Waals surface area (Å²) in [6, 6.07) is 7.62. The first-order chi connectivity index (χ1) is 8.83.